The van der Waals surface area contributed by atoms with Crippen molar-refractivity contribution in [2.75, 3.05) is 19.8 Å². The third kappa shape index (κ3) is 2.95. The zero-order valence-corrected chi connectivity index (χ0v) is 9.73. The van der Waals surface area contributed by atoms with Gasteiger partial charge in [0.25, 0.3) is 0 Å². The maximum absolute atomic E-state index is 10.9. The highest BCUT2D eigenvalue weighted by molar-refractivity contribution is 5.69. The summed E-state index contributed by atoms with van der Waals surface area (Å²) in [6.45, 7) is 1.73. The van der Waals surface area contributed by atoms with Crippen molar-refractivity contribution < 1.29 is 14.6 Å². The van der Waals surface area contributed by atoms with E-state index in [0.29, 0.717) is 18.7 Å². The van der Waals surface area contributed by atoms with Crippen LogP contribution in [0, 0.1) is 0 Å². The zero-order chi connectivity index (χ0) is 11.4. The van der Waals surface area contributed by atoms with Gasteiger partial charge < -0.3 is 9.84 Å². The Bertz CT molecular complexity index is 232. The second-order valence-electron chi connectivity index (χ2n) is 4.88. The predicted octanol–water partition coefficient (Wildman–Crippen LogP) is 1.49. The van der Waals surface area contributed by atoms with Crippen LogP contribution in [0.25, 0.3) is 0 Å². The Hall–Kier alpha value is -0.610. The van der Waals surface area contributed by atoms with Crippen molar-refractivity contribution in [3.63, 3.8) is 0 Å². The molecule has 0 radical (unpaired) electrons. The summed E-state index contributed by atoms with van der Waals surface area (Å²) >= 11 is 0. The molecule has 4 heteroatoms. The maximum atomic E-state index is 10.9. The van der Waals surface area contributed by atoms with E-state index in [1.54, 1.807) is 0 Å². The molecule has 2 rings (SSSR count). The van der Waals surface area contributed by atoms with Crippen LogP contribution >= 0.6 is 0 Å². The number of hydrogen-bond acceptors (Lipinski definition) is 3. The van der Waals surface area contributed by atoms with E-state index in [-0.39, 0.29) is 6.54 Å². The number of aliphatic carboxylic acids is 1. The summed E-state index contributed by atoms with van der Waals surface area (Å²) in [5.41, 5.74) is 0. The second-order valence-corrected chi connectivity index (χ2v) is 4.88. The summed E-state index contributed by atoms with van der Waals surface area (Å²) in [4.78, 5) is 13.1. The highest BCUT2D eigenvalue weighted by Crippen LogP contribution is 2.27. The van der Waals surface area contributed by atoms with Crippen molar-refractivity contribution in [3.05, 3.63) is 0 Å². The van der Waals surface area contributed by atoms with E-state index >= 15 is 0 Å². The van der Waals surface area contributed by atoms with E-state index in [1.807, 2.05) is 0 Å². The summed E-state index contributed by atoms with van der Waals surface area (Å²) in [7, 11) is 0. The van der Waals surface area contributed by atoms with Crippen molar-refractivity contribution in [2.45, 2.75) is 50.6 Å². The predicted molar refractivity (Wildman–Crippen MR) is 60.4 cm³/mol. The van der Waals surface area contributed by atoms with Gasteiger partial charge >= 0.3 is 5.97 Å². The molecule has 1 aliphatic carbocycles. The number of carboxylic acids is 1. The Morgan fingerprint density at radius 3 is 2.44 bits per heavy atom. The van der Waals surface area contributed by atoms with Gasteiger partial charge in [-0.3, -0.25) is 9.69 Å². The van der Waals surface area contributed by atoms with Crippen LogP contribution in [0.4, 0.5) is 0 Å². The lowest BCUT2D eigenvalue weighted by atomic mass is 10.0. The quantitative estimate of drug-likeness (QED) is 0.790. The molecule has 1 heterocycles. The number of rotatable bonds is 4. The summed E-state index contributed by atoms with van der Waals surface area (Å²) in [5, 5.41) is 8.99. The maximum Gasteiger partial charge on any atom is 0.317 e. The van der Waals surface area contributed by atoms with Gasteiger partial charge in [0.05, 0.1) is 13.2 Å². The summed E-state index contributed by atoms with van der Waals surface area (Å²) < 4.78 is 5.47. The minimum atomic E-state index is -0.711. The molecule has 16 heavy (non-hydrogen) atoms. The Morgan fingerprint density at radius 2 is 1.88 bits per heavy atom. The van der Waals surface area contributed by atoms with E-state index in [2.05, 4.69) is 4.90 Å². The summed E-state index contributed by atoms with van der Waals surface area (Å²) in [6.07, 6.45) is 6.95. The van der Waals surface area contributed by atoms with E-state index in [1.165, 1.54) is 12.8 Å². The van der Waals surface area contributed by atoms with Crippen molar-refractivity contribution in [2.24, 2.45) is 0 Å². The Labute approximate surface area is 96.6 Å². The largest absolute Gasteiger partial charge is 0.480 e. The average molecular weight is 227 g/mol. The van der Waals surface area contributed by atoms with Gasteiger partial charge in [0.1, 0.15) is 0 Å². The minimum absolute atomic E-state index is 0.179. The third-order valence-electron chi connectivity index (χ3n) is 3.72. The second kappa shape index (κ2) is 5.64. The van der Waals surface area contributed by atoms with Gasteiger partial charge in [-0.05, 0) is 25.7 Å². The monoisotopic (exact) mass is 227 g/mol. The first kappa shape index (κ1) is 11.9. The third-order valence-corrected chi connectivity index (χ3v) is 3.72. The topological polar surface area (TPSA) is 49.8 Å². The molecule has 0 bridgehead atoms. The van der Waals surface area contributed by atoms with Crippen LogP contribution in [0.1, 0.15) is 38.5 Å². The molecule has 1 N–H and O–H groups in total. The standard InChI is InChI=1S/C12H21NO3/c14-12(15)8-13(10-4-1-2-5-10)11-6-3-7-16-9-11/h10-11H,1-9H2,(H,14,15). The molecule has 1 saturated carbocycles. The molecule has 0 amide bonds. The van der Waals surface area contributed by atoms with Crippen LogP contribution in [0.2, 0.25) is 0 Å². The first-order valence-electron chi connectivity index (χ1n) is 6.32. The molecular weight excluding hydrogens is 206 g/mol. The van der Waals surface area contributed by atoms with Gasteiger partial charge in [0.15, 0.2) is 0 Å². The number of carbonyl (C=O) groups is 1. The molecule has 0 aromatic carbocycles. The molecule has 2 aliphatic rings. The van der Waals surface area contributed by atoms with Crippen LogP contribution in [0.3, 0.4) is 0 Å². The molecule has 1 atom stereocenters. The van der Waals surface area contributed by atoms with Crippen molar-refractivity contribution in [1.29, 1.82) is 0 Å². The van der Waals surface area contributed by atoms with Gasteiger partial charge in [-0.1, -0.05) is 12.8 Å². The smallest absolute Gasteiger partial charge is 0.317 e. The Morgan fingerprint density at radius 1 is 1.19 bits per heavy atom. The average Bonchev–Trinajstić information content (AvgIpc) is 2.80. The normalized spacial score (nSPS) is 27.4. The van der Waals surface area contributed by atoms with Crippen molar-refractivity contribution in [1.82, 2.24) is 4.90 Å². The first-order chi connectivity index (χ1) is 7.77. The lowest BCUT2D eigenvalue weighted by Gasteiger charge is -2.37. The van der Waals surface area contributed by atoms with E-state index in [9.17, 15) is 4.79 Å². The number of nitrogens with zero attached hydrogens (tertiary/aromatic N) is 1. The molecule has 1 aliphatic heterocycles. The van der Waals surface area contributed by atoms with Gasteiger partial charge in [-0.2, -0.15) is 0 Å². The van der Waals surface area contributed by atoms with Crippen LogP contribution in [0.5, 0.6) is 0 Å². The van der Waals surface area contributed by atoms with Crippen LogP contribution in [-0.2, 0) is 9.53 Å². The molecular formula is C12H21NO3. The molecule has 0 aromatic heterocycles. The SMILES string of the molecule is O=C(O)CN(C1CCCC1)C1CCCOC1. The van der Waals surface area contributed by atoms with Gasteiger partial charge in [0, 0.05) is 18.7 Å². The van der Waals surface area contributed by atoms with E-state index < -0.39 is 5.97 Å². The molecule has 4 nitrogen and oxygen atoms in total. The van der Waals surface area contributed by atoms with E-state index in [0.717, 1.165) is 32.3 Å². The lowest BCUT2D eigenvalue weighted by molar-refractivity contribution is -0.140. The highest BCUT2D eigenvalue weighted by Gasteiger charge is 2.31. The summed E-state index contributed by atoms with van der Waals surface area (Å²) in [5.74, 6) is -0.711. The molecule has 1 unspecified atom stereocenters. The van der Waals surface area contributed by atoms with E-state index in [4.69, 9.17) is 9.84 Å². The van der Waals surface area contributed by atoms with Crippen LogP contribution in [-0.4, -0.2) is 47.8 Å². The fourth-order valence-electron chi connectivity index (χ4n) is 2.93. The minimum Gasteiger partial charge on any atom is -0.480 e. The molecule has 92 valence electrons. The molecule has 2 fully saturated rings. The Kier molecular flexibility index (Phi) is 4.18. The molecule has 0 aromatic rings. The van der Waals surface area contributed by atoms with Crippen molar-refractivity contribution in [3.8, 4) is 0 Å². The molecule has 0 spiro atoms. The number of ether oxygens (including phenoxy) is 1. The lowest BCUT2D eigenvalue weighted by Crippen LogP contribution is -2.48. The zero-order valence-electron chi connectivity index (χ0n) is 9.73. The Balaban J connectivity index is 1.96. The number of hydrogen-bond donors (Lipinski definition) is 1. The van der Waals surface area contributed by atoms with Gasteiger partial charge in [-0.25, -0.2) is 0 Å². The molecule has 1 saturated heterocycles. The fourth-order valence-corrected chi connectivity index (χ4v) is 2.93. The summed E-state index contributed by atoms with van der Waals surface area (Å²) in [6, 6.07) is 0.802. The van der Waals surface area contributed by atoms with Gasteiger partial charge in [-0.15, -0.1) is 0 Å². The highest BCUT2D eigenvalue weighted by atomic mass is 16.5. The fraction of sp³-hybridized carbons (Fsp3) is 0.917. The van der Waals surface area contributed by atoms with Gasteiger partial charge in [0.2, 0.25) is 0 Å². The van der Waals surface area contributed by atoms with Crippen LogP contribution in [0.15, 0.2) is 0 Å². The van der Waals surface area contributed by atoms with Crippen LogP contribution < -0.4 is 0 Å². The van der Waals surface area contributed by atoms with Crippen molar-refractivity contribution >= 4 is 5.97 Å². The number of carboxylic acid groups (broad SMARTS) is 1. The first-order valence-corrected chi connectivity index (χ1v) is 6.32.